The summed E-state index contributed by atoms with van der Waals surface area (Å²) in [5.74, 6) is 0. The fourth-order valence-electron chi connectivity index (χ4n) is 1.91. The number of nitrogens with one attached hydrogen (secondary N) is 1. The van der Waals surface area contributed by atoms with Gasteiger partial charge in [0.15, 0.2) is 0 Å². The van der Waals surface area contributed by atoms with Gasteiger partial charge in [0, 0.05) is 22.4 Å². The lowest BCUT2D eigenvalue weighted by Gasteiger charge is -2.18. The molecule has 4 heteroatoms. The van der Waals surface area contributed by atoms with Gasteiger partial charge in [0.05, 0.1) is 12.2 Å². The van der Waals surface area contributed by atoms with Gasteiger partial charge < -0.3 is 5.32 Å². The number of aryl methyl sites for hydroxylation is 1. The Bertz CT molecular complexity index is 493. The SMILES string of the molecule is CCNC(c1cnn(C)c1)c1ccccc1I. The highest BCUT2D eigenvalue weighted by molar-refractivity contribution is 14.1. The summed E-state index contributed by atoms with van der Waals surface area (Å²) in [4.78, 5) is 0. The molecule has 1 heterocycles. The van der Waals surface area contributed by atoms with E-state index < -0.39 is 0 Å². The second kappa shape index (κ2) is 5.64. The average Bonchev–Trinajstić information content (AvgIpc) is 2.74. The van der Waals surface area contributed by atoms with Gasteiger partial charge in [0.25, 0.3) is 0 Å². The van der Waals surface area contributed by atoms with Gasteiger partial charge in [-0.15, -0.1) is 0 Å². The van der Waals surface area contributed by atoms with Gasteiger partial charge in [0.2, 0.25) is 0 Å². The third-order valence-electron chi connectivity index (χ3n) is 2.68. The molecule has 0 saturated heterocycles. The molecule has 0 fully saturated rings. The Labute approximate surface area is 115 Å². The fraction of sp³-hybridized carbons (Fsp3) is 0.308. The van der Waals surface area contributed by atoms with Crippen molar-refractivity contribution in [3.8, 4) is 0 Å². The van der Waals surface area contributed by atoms with Gasteiger partial charge in [-0.25, -0.2) is 0 Å². The van der Waals surface area contributed by atoms with Crippen molar-refractivity contribution in [3.63, 3.8) is 0 Å². The Morgan fingerprint density at radius 1 is 1.41 bits per heavy atom. The first-order chi connectivity index (χ1) is 8.22. The molecule has 0 aliphatic carbocycles. The van der Waals surface area contributed by atoms with Crippen molar-refractivity contribution in [1.29, 1.82) is 0 Å². The highest BCUT2D eigenvalue weighted by Gasteiger charge is 2.16. The summed E-state index contributed by atoms with van der Waals surface area (Å²) in [7, 11) is 1.95. The molecule has 1 unspecified atom stereocenters. The number of benzene rings is 1. The monoisotopic (exact) mass is 341 g/mol. The Kier molecular flexibility index (Phi) is 4.17. The van der Waals surface area contributed by atoms with Gasteiger partial charge in [-0.2, -0.15) is 5.10 Å². The second-order valence-electron chi connectivity index (χ2n) is 3.96. The van der Waals surface area contributed by atoms with Crippen LogP contribution in [0.25, 0.3) is 0 Å². The van der Waals surface area contributed by atoms with Gasteiger partial charge >= 0.3 is 0 Å². The second-order valence-corrected chi connectivity index (χ2v) is 5.12. The lowest BCUT2D eigenvalue weighted by Crippen LogP contribution is -2.22. The van der Waals surface area contributed by atoms with E-state index in [1.165, 1.54) is 14.7 Å². The van der Waals surface area contributed by atoms with E-state index >= 15 is 0 Å². The lowest BCUT2D eigenvalue weighted by molar-refractivity contribution is 0.627. The predicted molar refractivity (Wildman–Crippen MR) is 77.9 cm³/mol. The molecule has 1 aromatic carbocycles. The molecule has 1 N–H and O–H groups in total. The molecule has 0 amide bonds. The quantitative estimate of drug-likeness (QED) is 0.867. The van der Waals surface area contributed by atoms with Crippen LogP contribution in [0.4, 0.5) is 0 Å². The van der Waals surface area contributed by atoms with Gasteiger partial charge in [-0.05, 0) is 40.8 Å². The summed E-state index contributed by atoms with van der Waals surface area (Å²) in [5.41, 5.74) is 2.52. The maximum Gasteiger partial charge on any atom is 0.0618 e. The molecule has 2 aromatic rings. The topological polar surface area (TPSA) is 29.9 Å². The Balaban J connectivity index is 2.39. The van der Waals surface area contributed by atoms with E-state index in [-0.39, 0.29) is 6.04 Å². The first-order valence-electron chi connectivity index (χ1n) is 5.68. The van der Waals surface area contributed by atoms with Crippen LogP contribution in [0.5, 0.6) is 0 Å². The predicted octanol–water partition coefficient (Wildman–Crippen LogP) is 2.72. The zero-order valence-electron chi connectivity index (χ0n) is 10.0. The van der Waals surface area contributed by atoms with Crippen molar-refractivity contribution >= 4 is 22.6 Å². The van der Waals surface area contributed by atoms with Crippen LogP contribution in [0.15, 0.2) is 36.7 Å². The van der Waals surface area contributed by atoms with Gasteiger partial charge in [-0.3, -0.25) is 4.68 Å². The number of aromatic nitrogens is 2. The van der Waals surface area contributed by atoms with Crippen LogP contribution in [0, 0.1) is 3.57 Å². The van der Waals surface area contributed by atoms with Crippen molar-refractivity contribution in [2.75, 3.05) is 6.54 Å². The molecule has 17 heavy (non-hydrogen) atoms. The normalized spacial score (nSPS) is 12.6. The molecule has 1 aromatic heterocycles. The third kappa shape index (κ3) is 2.87. The van der Waals surface area contributed by atoms with Crippen LogP contribution in [-0.4, -0.2) is 16.3 Å². The summed E-state index contributed by atoms with van der Waals surface area (Å²) in [5, 5.41) is 7.76. The van der Waals surface area contributed by atoms with Crippen molar-refractivity contribution in [2.45, 2.75) is 13.0 Å². The van der Waals surface area contributed by atoms with E-state index in [9.17, 15) is 0 Å². The zero-order chi connectivity index (χ0) is 12.3. The Morgan fingerprint density at radius 2 is 2.18 bits per heavy atom. The van der Waals surface area contributed by atoms with Gasteiger partial charge in [-0.1, -0.05) is 25.1 Å². The van der Waals surface area contributed by atoms with Crippen LogP contribution in [0.1, 0.15) is 24.1 Å². The molecule has 3 nitrogen and oxygen atoms in total. The van der Waals surface area contributed by atoms with E-state index in [0.29, 0.717) is 0 Å². The zero-order valence-corrected chi connectivity index (χ0v) is 12.2. The van der Waals surface area contributed by atoms with E-state index in [1.54, 1.807) is 0 Å². The van der Waals surface area contributed by atoms with Crippen LogP contribution in [-0.2, 0) is 7.05 Å². The minimum absolute atomic E-state index is 0.224. The van der Waals surface area contributed by atoms with E-state index in [1.807, 2.05) is 17.9 Å². The van der Waals surface area contributed by atoms with Crippen LogP contribution in [0.2, 0.25) is 0 Å². The molecular weight excluding hydrogens is 325 g/mol. The Hall–Kier alpha value is -0.880. The van der Waals surface area contributed by atoms with Crippen molar-refractivity contribution in [3.05, 3.63) is 51.4 Å². The molecule has 0 saturated carbocycles. The average molecular weight is 341 g/mol. The minimum atomic E-state index is 0.224. The number of halogens is 1. The molecule has 0 bridgehead atoms. The summed E-state index contributed by atoms with van der Waals surface area (Å²) < 4.78 is 3.12. The number of rotatable bonds is 4. The van der Waals surface area contributed by atoms with Crippen molar-refractivity contribution in [2.24, 2.45) is 7.05 Å². The summed E-state index contributed by atoms with van der Waals surface area (Å²) in [6.07, 6.45) is 3.99. The first-order valence-corrected chi connectivity index (χ1v) is 6.76. The van der Waals surface area contributed by atoms with E-state index in [4.69, 9.17) is 0 Å². The summed E-state index contributed by atoms with van der Waals surface area (Å²) in [6, 6.07) is 8.68. The minimum Gasteiger partial charge on any atom is -0.306 e. The van der Waals surface area contributed by atoms with Crippen LogP contribution in [0.3, 0.4) is 0 Å². The number of hydrogen-bond donors (Lipinski definition) is 1. The standard InChI is InChI=1S/C13H16IN3/c1-3-15-13(10-8-16-17(2)9-10)11-6-4-5-7-12(11)14/h4-9,13,15H,3H2,1-2H3. The number of nitrogens with zero attached hydrogens (tertiary/aromatic N) is 2. The smallest absolute Gasteiger partial charge is 0.0618 e. The van der Waals surface area contributed by atoms with E-state index in [0.717, 1.165) is 6.54 Å². The maximum absolute atomic E-state index is 4.25. The van der Waals surface area contributed by atoms with Crippen LogP contribution >= 0.6 is 22.6 Å². The highest BCUT2D eigenvalue weighted by Crippen LogP contribution is 2.25. The number of hydrogen-bond acceptors (Lipinski definition) is 2. The highest BCUT2D eigenvalue weighted by atomic mass is 127. The summed E-state index contributed by atoms with van der Waals surface area (Å²) >= 11 is 2.38. The fourth-order valence-corrected chi connectivity index (χ4v) is 2.61. The van der Waals surface area contributed by atoms with Crippen LogP contribution < -0.4 is 5.32 Å². The molecule has 1 atom stereocenters. The largest absolute Gasteiger partial charge is 0.306 e. The van der Waals surface area contributed by atoms with E-state index in [2.05, 4.69) is 70.4 Å². The molecule has 2 rings (SSSR count). The lowest BCUT2D eigenvalue weighted by atomic mass is 10.0. The molecule has 90 valence electrons. The third-order valence-corrected chi connectivity index (χ3v) is 3.67. The van der Waals surface area contributed by atoms with Crippen molar-refractivity contribution < 1.29 is 0 Å². The molecule has 0 aliphatic rings. The molecule has 0 aliphatic heterocycles. The van der Waals surface area contributed by atoms with Crippen molar-refractivity contribution in [1.82, 2.24) is 15.1 Å². The molecule has 0 radical (unpaired) electrons. The Morgan fingerprint density at radius 3 is 2.76 bits per heavy atom. The molecule has 0 spiro atoms. The maximum atomic E-state index is 4.25. The first kappa shape index (κ1) is 12.6. The molecular formula is C13H16IN3. The van der Waals surface area contributed by atoms with Gasteiger partial charge in [0.1, 0.15) is 0 Å². The summed E-state index contributed by atoms with van der Waals surface area (Å²) in [6.45, 7) is 3.06.